The van der Waals surface area contributed by atoms with Gasteiger partial charge in [-0.2, -0.15) is 0 Å². The smallest absolute Gasteiger partial charge is 0.187 e. The van der Waals surface area contributed by atoms with Crippen LogP contribution in [0.15, 0.2) is 12.1 Å². The van der Waals surface area contributed by atoms with Crippen molar-refractivity contribution >= 4 is 0 Å². The van der Waals surface area contributed by atoms with Gasteiger partial charge >= 0.3 is 0 Å². The number of halogens is 2. The Kier molecular flexibility index (Phi) is 4.97. The summed E-state index contributed by atoms with van der Waals surface area (Å²) in [6, 6.07) is 2.99. The topological polar surface area (TPSA) is 23.5 Å². The standard InChI is InChI=1S/C16H23F2NO/c1-11(2)9-19(13-5-3-4-6-13)10-12-7-14(17)16(20)15(18)8-12/h7-8,11,13,20H,3-6,9-10H2,1-2H3. The van der Waals surface area contributed by atoms with E-state index in [0.717, 1.165) is 19.4 Å². The zero-order valence-corrected chi connectivity index (χ0v) is 12.2. The van der Waals surface area contributed by atoms with Crippen LogP contribution in [-0.4, -0.2) is 22.6 Å². The highest BCUT2D eigenvalue weighted by Gasteiger charge is 2.23. The first-order valence-electron chi connectivity index (χ1n) is 7.38. The average Bonchev–Trinajstić information content (AvgIpc) is 2.88. The Hall–Kier alpha value is -1.16. The van der Waals surface area contributed by atoms with Crippen molar-refractivity contribution in [3.8, 4) is 5.75 Å². The predicted octanol–water partition coefficient (Wildman–Crippen LogP) is 4.07. The molecule has 0 saturated heterocycles. The molecular weight excluding hydrogens is 260 g/mol. The number of aromatic hydroxyl groups is 1. The number of nitrogens with zero attached hydrogens (tertiary/aromatic N) is 1. The molecule has 0 aromatic heterocycles. The molecule has 1 aliphatic carbocycles. The van der Waals surface area contributed by atoms with E-state index >= 15 is 0 Å². The normalized spacial score (nSPS) is 16.5. The fourth-order valence-electron chi connectivity index (χ4n) is 3.02. The van der Waals surface area contributed by atoms with Crippen LogP contribution in [0.1, 0.15) is 45.1 Å². The Bertz CT molecular complexity index is 433. The average molecular weight is 283 g/mol. The van der Waals surface area contributed by atoms with Crippen molar-refractivity contribution in [2.24, 2.45) is 5.92 Å². The highest BCUT2D eigenvalue weighted by molar-refractivity contribution is 5.30. The van der Waals surface area contributed by atoms with Gasteiger partial charge in [0.2, 0.25) is 0 Å². The van der Waals surface area contributed by atoms with Gasteiger partial charge < -0.3 is 5.11 Å². The number of phenols is 1. The first-order valence-corrected chi connectivity index (χ1v) is 7.38. The van der Waals surface area contributed by atoms with Crippen LogP contribution in [0.5, 0.6) is 5.75 Å². The molecule has 1 aliphatic rings. The molecule has 0 radical (unpaired) electrons. The summed E-state index contributed by atoms with van der Waals surface area (Å²) >= 11 is 0. The third kappa shape index (κ3) is 3.69. The molecular formula is C16H23F2NO. The summed E-state index contributed by atoms with van der Waals surface area (Å²) in [4.78, 5) is 2.32. The molecule has 2 rings (SSSR count). The molecule has 0 heterocycles. The lowest BCUT2D eigenvalue weighted by Gasteiger charge is -2.30. The van der Waals surface area contributed by atoms with Gasteiger partial charge in [-0.15, -0.1) is 0 Å². The summed E-state index contributed by atoms with van der Waals surface area (Å²) in [5.41, 5.74) is 0.588. The van der Waals surface area contributed by atoms with Crippen LogP contribution >= 0.6 is 0 Å². The largest absolute Gasteiger partial charge is 0.503 e. The Morgan fingerprint density at radius 1 is 1.20 bits per heavy atom. The van der Waals surface area contributed by atoms with Crippen molar-refractivity contribution in [3.05, 3.63) is 29.3 Å². The maximum absolute atomic E-state index is 13.4. The van der Waals surface area contributed by atoms with Crippen molar-refractivity contribution in [2.75, 3.05) is 6.54 Å². The van der Waals surface area contributed by atoms with Gasteiger partial charge in [-0.1, -0.05) is 26.7 Å². The molecule has 1 N–H and O–H groups in total. The third-order valence-electron chi connectivity index (χ3n) is 3.90. The van der Waals surface area contributed by atoms with E-state index in [9.17, 15) is 8.78 Å². The fraction of sp³-hybridized carbons (Fsp3) is 0.625. The molecule has 1 saturated carbocycles. The Morgan fingerprint density at radius 2 is 1.75 bits per heavy atom. The zero-order chi connectivity index (χ0) is 14.7. The van der Waals surface area contributed by atoms with Crippen molar-refractivity contribution in [3.63, 3.8) is 0 Å². The maximum Gasteiger partial charge on any atom is 0.187 e. The summed E-state index contributed by atoms with van der Waals surface area (Å²) in [5, 5.41) is 9.16. The third-order valence-corrected chi connectivity index (χ3v) is 3.90. The van der Waals surface area contributed by atoms with Crippen LogP contribution in [0, 0.1) is 17.6 Å². The number of benzene rings is 1. The molecule has 20 heavy (non-hydrogen) atoms. The fourth-order valence-corrected chi connectivity index (χ4v) is 3.02. The minimum absolute atomic E-state index is 0.511. The van der Waals surface area contributed by atoms with E-state index in [0.29, 0.717) is 24.1 Å². The van der Waals surface area contributed by atoms with Crippen molar-refractivity contribution in [2.45, 2.75) is 52.1 Å². The monoisotopic (exact) mass is 283 g/mol. The second kappa shape index (κ2) is 6.53. The summed E-state index contributed by atoms with van der Waals surface area (Å²) in [7, 11) is 0. The molecule has 2 nitrogen and oxygen atoms in total. The summed E-state index contributed by atoms with van der Waals surface area (Å²) in [5.74, 6) is -2.13. The molecule has 0 aliphatic heterocycles. The van der Waals surface area contributed by atoms with E-state index in [1.54, 1.807) is 0 Å². The molecule has 0 unspecified atom stereocenters. The van der Waals surface area contributed by atoms with Gasteiger partial charge in [0, 0.05) is 19.1 Å². The van der Waals surface area contributed by atoms with E-state index < -0.39 is 17.4 Å². The summed E-state index contributed by atoms with van der Waals surface area (Å²) in [6.07, 6.45) is 4.79. The van der Waals surface area contributed by atoms with Crippen molar-refractivity contribution in [1.29, 1.82) is 0 Å². The quantitative estimate of drug-likeness (QED) is 0.880. The Balaban J connectivity index is 2.14. The predicted molar refractivity (Wildman–Crippen MR) is 75.5 cm³/mol. The molecule has 0 atom stereocenters. The second-order valence-corrected chi connectivity index (χ2v) is 6.17. The number of phenolic OH excluding ortho intramolecular Hbond substituents is 1. The number of hydrogen-bond acceptors (Lipinski definition) is 2. The van der Waals surface area contributed by atoms with Crippen molar-refractivity contribution in [1.82, 2.24) is 4.90 Å². The maximum atomic E-state index is 13.4. The number of rotatable bonds is 5. The second-order valence-electron chi connectivity index (χ2n) is 6.17. The molecule has 4 heteroatoms. The van der Waals surface area contributed by atoms with Gasteiger partial charge in [-0.25, -0.2) is 8.78 Å². The molecule has 1 aromatic carbocycles. The van der Waals surface area contributed by atoms with E-state index in [1.807, 2.05) is 0 Å². The van der Waals surface area contributed by atoms with Crippen LogP contribution in [0.3, 0.4) is 0 Å². The van der Waals surface area contributed by atoms with E-state index in [4.69, 9.17) is 5.11 Å². The van der Waals surface area contributed by atoms with E-state index in [1.165, 1.54) is 25.0 Å². The van der Waals surface area contributed by atoms with Gasteiger partial charge in [-0.3, -0.25) is 4.90 Å². The van der Waals surface area contributed by atoms with Crippen molar-refractivity contribution < 1.29 is 13.9 Å². The lowest BCUT2D eigenvalue weighted by Crippen LogP contribution is -2.35. The molecule has 0 spiro atoms. The minimum Gasteiger partial charge on any atom is -0.503 e. The molecule has 112 valence electrons. The van der Waals surface area contributed by atoms with E-state index in [2.05, 4.69) is 18.7 Å². The highest BCUT2D eigenvalue weighted by Crippen LogP contribution is 2.27. The van der Waals surface area contributed by atoms with Crippen LogP contribution in [0.2, 0.25) is 0 Å². The highest BCUT2D eigenvalue weighted by atomic mass is 19.1. The zero-order valence-electron chi connectivity index (χ0n) is 12.2. The summed E-state index contributed by atoms with van der Waals surface area (Å²) in [6.45, 7) is 5.77. The van der Waals surface area contributed by atoms with Gasteiger partial charge in [0.1, 0.15) is 0 Å². The van der Waals surface area contributed by atoms with Crippen LogP contribution in [-0.2, 0) is 6.54 Å². The van der Waals surface area contributed by atoms with Crippen LogP contribution in [0.4, 0.5) is 8.78 Å². The van der Waals surface area contributed by atoms with Crippen LogP contribution in [0.25, 0.3) is 0 Å². The number of hydrogen-bond donors (Lipinski definition) is 1. The van der Waals surface area contributed by atoms with E-state index in [-0.39, 0.29) is 0 Å². The molecule has 1 aromatic rings. The van der Waals surface area contributed by atoms with Gasteiger partial charge in [0.25, 0.3) is 0 Å². The van der Waals surface area contributed by atoms with Crippen LogP contribution < -0.4 is 0 Å². The molecule has 0 bridgehead atoms. The Morgan fingerprint density at radius 3 is 2.25 bits per heavy atom. The minimum atomic E-state index is -0.884. The summed E-state index contributed by atoms with van der Waals surface area (Å²) < 4.78 is 26.8. The molecule has 1 fully saturated rings. The first-order chi connectivity index (χ1) is 9.47. The van der Waals surface area contributed by atoms with Gasteiger partial charge in [-0.05, 0) is 36.5 Å². The Labute approximate surface area is 119 Å². The lowest BCUT2D eigenvalue weighted by atomic mass is 10.1. The van der Waals surface area contributed by atoms with Gasteiger partial charge in [0.05, 0.1) is 0 Å². The lowest BCUT2D eigenvalue weighted by molar-refractivity contribution is 0.168. The van der Waals surface area contributed by atoms with Gasteiger partial charge in [0.15, 0.2) is 17.4 Å². The SMILES string of the molecule is CC(C)CN(Cc1cc(F)c(O)c(F)c1)C1CCCC1. The molecule has 0 amide bonds. The first kappa shape index (κ1) is 15.2.